The zero-order valence-corrected chi connectivity index (χ0v) is 15.9. The largest absolute Gasteiger partial charge is 0.457 e. The van der Waals surface area contributed by atoms with Crippen LogP contribution in [0.5, 0.6) is 0 Å². The molecule has 2 N–H and O–H groups in total. The number of aromatic nitrogens is 1. The molecule has 2 aromatic rings. The van der Waals surface area contributed by atoms with Crippen LogP contribution < -0.4 is 5.73 Å². The Morgan fingerprint density at radius 2 is 1.96 bits per heavy atom. The molecule has 4 rings (SSSR count). The molecule has 1 aromatic carbocycles. The van der Waals surface area contributed by atoms with Crippen LogP contribution in [0.4, 0.5) is 6.01 Å². The predicted molar refractivity (Wildman–Crippen MR) is 98.4 cm³/mol. The van der Waals surface area contributed by atoms with Crippen molar-refractivity contribution in [3.05, 3.63) is 46.8 Å². The van der Waals surface area contributed by atoms with E-state index >= 15 is 0 Å². The van der Waals surface area contributed by atoms with Crippen LogP contribution in [0, 0.1) is 0 Å². The van der Waals surface area contributed by atoms with Crippen LogP contribution in [-0.2, 0) is 19.7 Å². The molecule has 0 bridgehead atoms. The molecular formula is C20H21N3O4. The van der Waals surface area contributed by atoms with E-state index in [1.54, 1.807) is 34.7 Å². The molecule has 0 radical (unpaired) electrons. The second-order valence-electron chi connectivity index (χ2n) is 7.85. The van der Waals surface area contributed by atoms with Gasteiger partial charge in [-0.1, -0.05) is 24.3 Å². The molecule has 1 aliphatic heterocycles. The Balaban J connectivity index is 2.05. The number of carbonyl (C=O) groups excluding carboxylic acids is 2. The van der Waals surface area contributed by atoms with E-state index in [9.17, 15) is 9.59 Å². The van der Waals surface area contributed by atoms with Crippen LogP contribution in [0.1, 0.15) is 39.0 Å². The molecule has 27 heavy (non-hydrogen) atoms. The van der Waals surface area contributed by atoms with Crippen LogP contribution in [0.2, 0.25) is 0 Å². The molecule has 140 valence electrons. The number of hydrogen-bond donors (Lipinski definition) is 1. The maximum Gasteiger partial charge on any atom is 0.338 e. The number of fused-ring (bicyclic) bond motifs is 5. The third-order valence-electron chi connectivity index (χ3n) is 5.04. The molecule has 0 fully saturated rings. The molecule has 0 saturated carbocycles. The minimum Gasteiger partial charge on any atom is -0.457 e. The number of nitrogen functional groups attached to an aromatic ring is 1. The highest BCUT2D eigenvalue weighted by atomic mass is 16.6. The van der Waals surface area contributed by atoms with Gasteiger partial charge in [-0.25, -0.2) is 4.79 Å². The lowest BCUT2D eigenvalue weighted by molar-refractivity contribution is -0.151. The Morgan fingerprint density at radius 3 is 2.63 bits per heavy atom. The molecule has 7 nitrogen and oxygen atoms in total. The van der Waals surface area contributed by atoms with Crippen molar-refractivity contribution in [3.63, 3.8) is 0 Å². The van der Waals surface area contributed by atoms with Crippen molar-refractivity contribution in [1.82, 2.24) is 9.88 Å². The topological polar surface area (TPSA) is 98.7 Å². The number of ether oxygens (including phenoxy) is 1. The number of rotatable bonds is 1. The van der Waals surface area contributed by atoms with Crippen molar-refractivity contribution in [2.45, 2.75) is 38.7 Å². The zero-order valence-electron chi connectivity index (χ0n) is 15.9. The first-order valence-electron chi connectivity index (χ1n) is 8.68. The van der Waals surface area contributed by atoms with Gasteiger partial charge in [0.2, 0.25) is 5.91 Å². The van der Waals surface area contributed by atoms with Crippen molar-refractivity contribution in [2.75, 3.05) is 12.8 Å². The minimum atomic E-state index is -1.41. The average molecular weight is 367 g/mol. The van der Waals surface area contributed by atoms with Gasteiger partial charge in [0.1, 0.15) is 11.3 Å². The number of likely N-dealkylation sites (N-methyl/N-ethyl adjacent to an activating group) is 1. The number of anilines is 1. The first-order chi connectivity index (χ1) is 12.6. The van der Waals surface area contributed by atoms with Crippen molar-refractivity contribution >= 4 is 17.9 Å². The quantitative estimate of drug-likeness (QED) is 0.778. The van der Waals surface area contributed by atoms with E-state index in [0.29, 0.717) is 28.3 Å². The van der Waals surface area contributed by atoms with Gasteiger partial charge in [0, 0.05) is 18.3 Å². The van der Waals surface area contributed by atoms with Gasteiger partial charge in [0.05, 0.1) is 5.57 Å². The Kier molecular flexibility index (Phi) is 3.35. The lowest BCUT2D eigenvalue weighted by Gasteiger charge is -2.27. The summed E-state index contributed by atoms with van der Waals surface area (Å²) in [4.78, 5) is 32.5. The Bertz CT molecular complexity index is 1030. The van der Waals surface area contributed by atoms with E-state index in [4.69, 9.17) is 14.9 Å². The molecule has 1 atom stereocenters. The average Bonchev–Trinajstić information content (AvgIpc) is 3.13. The normalized spacial score (nSPS) is 21.1. The summed E-state index contributed by atoms with van der Waals surface area (Å²) in [6.07, 6.45) is 0. The smallest absolute Gasteiger partial charge is 0.338 e. The molecule has 2 heterocycles. The molecule has 2 aliphatic rings. The highest BCUT2D eigenvalue weighted by Crippen LogP contribution is 2.57. The zero-order chi connectivity index (χ0) is 19.7. The summed E-state index contributed by atoms with van der Waals surface area (Å²) in [5.41, 5.74) is 6.16. The number of nitrogens with zero attached hydrogens (tertiary/aromatic N) is 2. The second kappa shape index (κ2) is 5.22. The first kappa shape index (κ1) is 17.3. The number of nitrogens with two attached hydrogens (primary N) is 1. The molecule has 1 unspecified atom stereocenters. The maximum absolute atomic E-state index is 13.5. The van der Waals surface area contributed by atoms with Crippen molar-refractivity contribution in [2.24, 2.45) is 0 Å². The highest BCUT2D eigenvalue weighted by molar-refractivity contribution is 6.14. The number of carbonyl (C=O) groups is 2. The Hall–Kier alpha value is -3.09. The third kappa shape index (κ3) is 2.11. The standard InChI is InChI=1S/C20H21N3O4/c1-10-13(16(24)27-19(2,3)4)20(17(25)23(10)5)12-9-7-6-8-11(12)14-15(20)22-18(21)26-14/h6-9H,1-5H3,(H2,21,22). The molecule has 7 heteroatoms. The van der Waals surface area contributed by atoms with Gasteiger partial charge in [0.15, 0.2) is 11.2 Å². The molecule has 1 amide bonds. The number of allylic oxidation sites excluding steroid dienone is 1. The number of esters is 1. The maximum atomic E-state index is 13.5. The minimum absolute atomic E-state index is 0.0441. The fourth-order valence-corrected chi connectivity index (χ4v) is 3.96. The van der Waals surface area contributed by atoms with Crippen LogP contribution in [0.3, 0.4) is 0 Å². The number of hydrogen-bond acceptors (Lipinski definition) is 6. The van der Waals surface area contributed by atoms with E-state index in [2.05, 4.69) is 4.98 Å². The molecule has 0 saturated heterocycles. The monoisotopic (exact) mass is 367 g/mol. The Labute approximate surface area is 156 Å². The SMILES string of the molecule is CC1=C(C(=O)OC(C)(C)C)C2(C(=O)N1C)c1ccccc1-c1oc(N)nc12. The van der Waals surface area contributed by atoms with Crippen molar-refractivity contribution < 1.29 is 18.7 Å². The van der Waals surface area contributed by atoms with Crippen molar-refractivity contribution in [1.29, 1.82) is 0 Å². The molecule has 1 aromatic heterocycles. The van der Waals surface area contributed by atoms with Gasteiger partial charge in [0.25, 0.3) is 6.01 Å². The van der Waals surface area contributed by atoms with E-state index in [1.165, 1.54) is 4.90 Å². The summed E-state index contributed by atoms with van der Waals surface area (Å²) < 4.78 is 11.3. The highest BCUT2D eigenvalue weighted by Gasteiger charge is 2.63. The summed E-state index contributed by atoms with van der Waals surface area (Å²) in [7, 11) is 1.64. The predicted octanol–water partition coefficient (Wildman–Crippen LogP) is 2.61. The van der Waals surface area contributed by atoms with Crippen LogP contribution in [0.15, 0.2) is 40.0 Å². The fourth-order valence-electron chi connectivity index (χ4n) is 3.96. The lowest BCUT2D eigenvalue weighted by Crippen LogP contribution is -2.42. The molecule has 1 spiro atoms. The number of oxazole rings is 1. The lowest BCUT2D eigenvalue weighted by atomic mass is 9.74. The van der Waals surface area contributed by atoms with Gasteiger partial charge in [-0.05, 0) is 33.3 Å². The van der Waals surface area contributed by atoms with Crippen molar-refractivity contribution in [3.8, 4) is 11.3 Å². The van der Waals surface area contributed by atoms with Gasteiger partial charge in [-0.15, -0.1) is 0 Å². The van der Waals surface area contributed by atoms with E-state index in [-0.39, 0.29) is 17.5 Å². The van der Waals surface area contributed by atoms with Crippen LogP contribution >= 0.6 is 0 Å². The van der Waals surface area contributed by atoms with Gasteiger partial charge >= 0.3 is 5.97 Å². The van der Waals surface area contributed by atoms with E-state index < -0.39 is 17.0 Å². The van der Waals surface area contributed by atoms with Crippen LogP contribution in [0.25, 0.3) is 11.3 Å². The first-order valence-corrected chi connectivity index (χ1v) is 8.68. The van der Waals surface area contributed by atoms with Gasteiger partial charge < -0.3 is 19.8 Å². The number of benzene rings is 1. The summed E-state index contributed by atoms with van der Waals surface area (Å²) in [6.45, 7) is 7.10. The molecule has 1 aliphatic carbocycles. The molecular weight excluding hydrogens is 346 g/mol. The second-order valence-corrected chi connectivity index (χ2v) is 7.85. The summed E-state index contributed by atoms with van der Waals surface area (Å²) in [5.74, 6) is -0.414. The van der Waals surface area contributed by atoms with Crippen LogP contribution in [-0.4, -0.2) is 34.4 Å². The number of amides is 1. The summed E-state index contributed by atoms with van der Waals surface area (Å²) in [5, 5.41) is 0. The fraction of sp³-hybridized carbons (Fsp3) is 0.350. The summed E-state index contributed by atoms with van der Waals surface area (Å²) >= 11 is 0. The van der Waals surface area contributed by atoms with E-state index in [0.717, 1.165) is 0 Å². The van der Waals surface area contributed by atoms with Gasteiger partial charge in [-0.3, -0.25) is 4.79 Å². The Morgan fingerprint density at radius 1 is 1.30 bits per heavy atom. The third-order valence-corrected chi connectivity index (χ3v) is 5.04. The summed E-state index contributed by atoms with van der Waals surface area (Å²) in [6, 6.07) is 7.27. The van der Waals surface area contributed by atoms with Gasteiger partial charge in [-0.2, -0.15) is 4.98 Å². The van der Waals surface area contributed by atoms with E-state index in [1.807, 2.05) is 24.3 Å².